The number of aryl methyl sites for hydroxylation is 2. The third-order valence-electron chi connectivity index (χ3n) is 4.20. The van der Waals surface area contributed by atoms with Gasteiger partial charge < -0.3 is 0 Å². The van der Waals surface area contributed by atoms with E-state index in [4.69, 9.17) is 0 Å². The van der Waals surface area contributed by atoms with E-state index < -0.39 is 0 Å². The maximum Gasteiger partial charge on any atom is 0.00946 e. The molecule has 0 atom stereocenters. The van der Waals surface area contributed by atoms with E-state index in [1.165, 1.54) is 35.1 Å². The molecular formula is C20H26. The van der Waals surface area contributed by atoms with E-state index in [2.05, 4.69) is 69.3 Å². The van der Waals surface area contributed by atoms with Crippen LogP contribution in [0.3, 0.4) is 0 Å². The average Bonchev–Trinajstić information content (AvgIpc) is 2.52. The molecular weight excluding hydrogens is 240 g/mol. The summed E-state index contributed by atoms with van der Waals surface area (Å²) in [6, 6.07) is 17.9. The van der Waals surface area contributed by atoms with Gasteiger partial charge in [0, 0.05) is 5.92 Å². The Labute approximate surface area is 123 Å². The molecule has 0 aliphatic rings. The van der Waals surface area contributed by atoms with Gasteiger partial charge in [0.2, 0.25) is 0 Å². The zero-order valence-corrected chi connectivity index (χ0v) is 13.0. The van der Waals surface area contributed by atoms with E-state index in [1.54, 1.807) is 0 Å². The summed E-state index contributed by atoms with van der Waals surface area (Å²) >= 11 is 0. The first-order valence-corrected chi connectivity index (χ1v) is 7.97. The summed E-state index contributed by atoms with van der Waals surface area (Å²) in [7, 11) is 0. The van der Waals surface area contributed by atoms with E-state index >= 15 is 0 Å². The summed E-state index contributed by atoms with van der Waals surface area (Å²) in [5, 5.41) is 0. The van der Waals surface area contributed by atoms with Crippen LogP contribution in [0, 0.1) is 0 Å². The van der Waals surface area contributed by atoms with Gasteiger partial charge in [-0.05, 0) is 41.5 Å². The van der Waals surface area contributed by atoms with Crippen molar-refractivity contribution in [1.82, 2.24) is 0 Å². The van der Waals surface area contributed by atoms with Crippen LogP contribution in [-0.4, -0.2) is 0 Å². The highest BCUT2D eigenvalue weighted by Crippen LogP contribution is 2.33. The van der Waals surface area contributed by atoms with E-state index in [1.807, 2.05) is 0 Å². The minimum Gasteiger partial charge on any atom is -0.0653 e. The van der Waals surface area contributed by atoms with Crippen LogP contribution in [0.4, 0.5) is 0 Å². The first-order valence-electron chi connectivity index (χ1n) is 7.97. The van der Waals surface area contributed by atoms with Crippen molar-refractivity contribution >= 4 is 0 Å². The SMILES string of the molecule is CCCC(c1ccccc1CC)c1ccccc1CC. The van der Waals surface area contributed by atoms with Crippen LogP contribution in [-0.2, 0) is 12.8 Å². The quantitative estimate of drug-likeness (QED) is 0.625. The Kier molecular flexibility index (Phi) is 5.40. The van der Waals surface area contributed by atoms with Crippen molar-refractivity contribution in [3.63, 3.8) is 0 Å². The lowest BCUT2D eigenvalue weighted by molar-refractivity contribution is 0.685. The molecule has 0 saturated carbocycles. The molecule has 0 radical (unpaired) electrons. The fourth-order valence-electron chi connectivity index (χ4n) is 3.16. The summed E-state index contributed by atoms with van der Waals surface area (Å²) in [6.07, 6.45) is 4.68. The lowest BCUT2D eigenvalue weighted by Crippen LogP contribution is -2.07. The van der Waals surface area contributed by atoms with Gasteiger partial charge in [-0.2, -0.15) is 0 Å². The molecule has 2 aromatic rings. The Morgan fingerprint density at radius 1 is 0.700 bits per heavy atom. The van der Waals surface area contributed by atoms with E-state index in [0.29, 0.717) is 5.92 Å². The highest BCUT2D eigenvalue weighted by atomic mass is 14.2. The summed E-state index contributed by atoms with van der Waals surface area (Å²) < 4.78 is 0. The molecule has 20 heavy (non-hydrogen) atoms. The van der Waals surface area contributed by atoms with Crippen molar-refractivity contribution in [1.29, 1.82) is 0 Å². The molecule has 0 aliphatic heterocycles. The second-order valence-electron chi connectivity index (χ2n) is 5.45. The Morgan fingerprint density at radius 3 is 1.55 bits per heavy atom. The average molecular weight is 266 g/mol. The fourth-order valence-corrected chi connectivity index (χ4v) is 3.16. The van der Waals surface area contributed by atoms with Crippen LogP contribution in [0.15, 0.2) is 48.5 Å². The normalized spacial score (nSPS) is 11.0. The van der Waals surface area contributed by atoms with Crippen molar-refractivity contribution < 1.29 is 0 Å². The third kappa shape index (κ3) is 3.12. The van der Waals surface area contributed by atoms with Gasteiger partial charge in [0.05, 0.1) is 0 Å². The van der Waals surface area contributed by atoms with Crippen LogP contribution >= 0.6 is 0 Å². The molecule has 0 aliphatic carbocycles. The molecule has 0 saturated heterocycles. The Bertz CT molecular complexity index is 492. The minimum absolute atomic E-state index is 0.548. The molecule has 0 heterocycles. The molecule has 0 unspecified atom stereocenters. The molecule has 0 fully saturated rings. The number of rotatable bonds is 6. The minimum atomic E-state index is 0.548. The zero-order chi connectivity index (χ0) is 14.4. The fraction of sp³-hybridized carbons (Fsp3) is 0.400. The summed E-state index contributed by atoms with van der Waals surface area (Å²) in [6.45, 7) is 6.80. The van der Waals surface area contributed by atoms with Crippen LogP contribution in [0.2, 0.25) is 0 Å². The van der Waals surface area contributed by atoms with Gasteiger partial charge in [0.25, 0.3) is 0 Å². The van der Waals surface area contributed by atoms with Crippen molar-refractivity contribution in [3.05, 3.63) is 70.8 Å². The van der Waals surface area contributed by atoms with Crippen molar-refractivity contribution in [2.24, 2.45) is 0 Å². The molecule has 0 aromatic heterocycles. The van der Waals surface area contributed by atoms with Crippen LogP contribution in [0.5, 0.6) is 0 Å². The van der Waals surface area contributed by atoms with Gasteiger partial charge in [-0.25, -0.2) is 0 Å². The standard InChI is InChI=1S/C20H26/c1-4-11-20(18-14-9-7-12-16(18)5-2)19-15-10-8-13-17(19)6-3/h7-10,12-15,20H,4-6,11H2,1-3H3. The highest BCUT2D eigenvalue weighted by molar-refractivity contribution is 5.41. The van der Waals surface area contributed by atoms with E-state index in [9.17, 15) is 0 Å². The van der Waals surface area contributed by atoms with Crippen molar-refractivity contribution in [3.8, 4) is 0 Å². The maximum atomic E-state index is 2.33. The molecule has 2 rings (SSSR count). The summed E-state index contributed by atoms with van der Waals surface area (Å²) in [5.41, 5.74) is 6.05. The second-order valence-corrected chi connectivity index (χ2v) is 5.45. The summed E-state index contributed by atoms with van der Waals surface area (Å²) in [4.78, 5) is 0. The Hall–Kier alpha value is -1.56. The van der Waals surface area contributed by atoms with E-state index in [0.717, 1.165) is 12.8 Å². The van der Waals surface area contributed by atoms with Gasteiger partial charge in [0.15, 0.2) is 0 Å². The molecule has 0 bridgehead atoms. The van der Waals surface area contributed by atoms with Gasteiger partial charge in [-0.3, -0.25) is 0 Å². The van der Waals surface area contributed by atoms with Crippen molar-refractivity contribution in [2.45, 2.75) is 52.4 Å². The molecule has 2 aromatic carbocycles. The second kappa shape index (κ2) is 7.28. The van der Waals surface area contributed by atoms with Gasteiger partial charge >= 0.3 is 0 Å². The number of hydrogen-bond donors (Lipinski definition) is 0. The monoisotopic (exact) mass is 266 g/mol. The van der Waals surface area contributed by atoms with Crippen LogP contribution < -0.4 is 0 Å². The molecule has 0 amide bonds. The Morgan fingerprint density at radius 2 is 1.15 bits per heavy atom. The molecule has 0 heteroatoms. The van der Waals surface area contributed by atoms with Crippen LogP contribution in [0.25, 0.3) is 0 Å². The smallest absolute Gasteiger partial charge is 0.00946 e. The van der Waals surface area contributed by atoms with Crippen LogP contribution in [0.1, 0.15) is 61.8 Å². The predicted octanol–water partition coefficient (Wildman–Crippen LogP) is 5.74. The largest absolute Gasteiger partial charge is 0.0653 e. The maximum absolute atomic E-state index is 2.33. The van der Waals surface area contributed by atoms with Gasteiger partial charge in [-0.15, -0.1) is 0 Å². The predicted molar refractivity (Wildman–Crippen MR) is 88.4 cm³/mol. The molecule has 0 N–H and O–H groups in total. The lowest BCUT2D eigenvalue weighted by Gasteiger charge is -2.23. The molecule has 0 spiro atoms. The number of hydrogen-bond acceptors (Lipinski definition) is 0. The van der Waals surface area contributed by atoms with E-state index in [-0.39, 0.29) is 0 Å². The van der Waals surface area contributed by atoms with Crippen molar-refractivity contribution in [2.75, 3.05) is 0 Å². The first kappa shape index (κ1) is 14.8. The first-order chi connectivity index (χ1) is 9.81. The number of benzene rings is 2. The summed E-state index contributed by atoms with van der Waals surface area (Å²) in [5.74, 6) is 0.548. The highest BCUT2D eigenvalue weighted by Gasteiger charge is 2.18. The van der Waals surface area contributed by atoms with Gasteiger partial charge in [-0.1, -0.05) is 75.7 Å². The molecule has 0 nitrogen and oxygen atoms in total. The Balaban J connectivity index is 2.50. The third-order valence-corrected chi connectivity index (χ3v) is 4.20. The topological polar surface area (TPSA) is 0 Å². The van der Waals surface area contributed by atoms with Gasteiger partial charge in [0.1, 0.15) is 0 Å². The lowest BCUT2D eigenvalue weighted by atomic mass is 9.82. The molecule has 106 valence electrons. The zero-order valence-electron chi connectivity index (χ0n) is 13.0.